The van der Waals surface area contributed by atoms with Crippen molar-refractivity contribution < 1.29 is 0 Å². The summed E-state index contributed by atoms with van der Waals surface area (Å²) in [5, 5.41) is 6.76. The molecule has 1 aliphatic rings. The smallest absolute Gasteiger partial charge is 0.191 e. The quantitative estimate of drug-likeness (QED) is 0.501. The summed E-state index contributed by atoms with van der Waals surface area (Å²) in [7, 11) is 1.80. The maximum Gasteiger partial charge on any atom is 0.191 e. The Morgan fingerprint density at radius 3 is 2.24 bits per heavy atom. The second-order valence-corrected chi connectivity index (χ2v) is 6.31. The molecule has 0 spiro atoms. The van der Waals surface area contributed by atoms with Crippen molar-refractivity contribution in [1.29, 1.82) is 0 Å². The lowest BCUT2D eigenvalue weighted by atomic mass is 10.1. The molecule has 0 amide bonds. The van der Waals surface area contributed by atoms with Gasteiger partial charge in [-0.15, -0.1) is 0 Å². The summed E-state index contributed by atoms with van der Waals surface area (Å²) in [6.45, 7) is 5.62. The fourth-order valence-corrected chi connectivity index (χ4v) is 2.97. The number of aryl methyl sites for hydroxylation is 1. The first-order valence-corrected chi connectivity index (χ1v) is 8.73. The Labute approximate surface area is 150 Å². The zero-order valence-corrected chi connectivity index (χ0v) is 15.0. The number of anilines is 1. The summed E-state index contributed by atoms with van der Waals surface area (Å²) >= 11 is 0. The molecule has 2 aromatic carbocycles. The van der Waals surface area contributed by atoms with Crippen LogP contribution in [0.15, 0.2) is 65.7 Å². The molecule has 3 rings (SSSR count). The first-order valence-electron chi connectivity index (χ1n) is 8.73. The lowest BCUT2D eigenvalue weighted by Crippen LogP contribution is -2.36. The largest absolute Gasteiger partial charge is 0.364 e. The molecule has 0 saturated heterocycles. The van der Waals surface area contributed by atoms with Crippen molar-refractivity contribution in [1.82, 2.24) is 10.6 Å². The van der Waals surface area contributed by atoms with Crippen LogP contribution in [0.25, 0.3) is 0 Å². The van der Waals surface area contributed by atoms with Crippen LogP contribution in [0.4, 0.5) is 5.69 Å². The van der Waals surface area contributed by atoms with Gasteiger partial charge in [0, 0.05) is 38.9 Å². The van der Waals surface area contributed by atoms with E-state index in [-0.39, 0.29) is 0 Å². The zero-order valence-electron chi connectivity index (χ0n) is 15.0. The average molecular weight is 334 g/mol. The lowest BCUT2D eigenvalue weighted by molar-refractivity contribution is 0.808. The monoisotopic (exact) mass is 334 g/mol. The van der Waals surface area contributed by atoms with Crippen LogP contribution in [-0.2, 0) is 13.1 Å². The summed E-state index contributed by atoms with van der Waals surface area (Å²) in [6.07, 6.45) is 4.42. The van der Waals surface area contributed by atoms with E-state index in [2.05, 4.69) is 88.1 Å². The predicted molar refractivity (Wildman–Crippen MR) is 106 cm³/mol. The molecule has 0 aromatic heterocycles. The van der Waals surface area contributed by atoms with E-state index in [1.54, 1.807) is 7.05 Å². The van der Waals surface area contributed by atoms with Crippen molar-refractivity contribution in [2.75, 3.05) is 25.0 Å². The van der Waals surface area contributed by atoms with Crippen molar-refractivity contribution in [2.24, 2.45) is 4.99 Å². The molecule has 0 radical (unpaired) electrons. The van der Waals surface area contributed by atoms with Gasteiger partial charge in [-0.3, -0.25) is 4.99 Å². The number of nitrogens with one attached hydrogen (secondary N) is 2. The van der Waals surface area contributed by atoms with Crippen LogP contribution >= 0.6 is 0 Å². The fourth-order valence-electron chi connectivity index (χ4n) is 2.97. The molecular formula is C21H26N4. The van der Waals surface area contributed by atoms with E-state index in [1.807, 2.05) is 0 Å². The van der Waals surface area contributed by atoms with Gasteiger partial charge in [0.25, 0.3) is 0 Å². The molecule has 0 bridgehead atoms. The first-order chi connectivity index (χ1) is 12.2. The van der Waals surface area contributed by atoms with Crippen molar-refractivity contribution in [2.45, 2.75) is 20.0 Å². The molecule has 2 N–H and O–H groups in total. The Morgan fingerprint density at radius 1 is 0.960 bits per heavy atom. The molecule has 0 unspecified atom stereocenters. The summed E-state index contributed by atoms with van der Waals surface area (Å²) in [5.41, 5.74) is 5.05. The van der Waals surface area contributed by atoms with E-state index in [4.69, 9.17) is 0 Å². The minimum absolute atomic E-state index is 0.753. The Bertz CT molecular complexity index is 756. The van der Waals surface area contributed by atoms with Crippen molar-refractivity contribution in [3.05, 3.63) is 77.4 Å². The highest BCUT2D eigenvalue weighted by atomic mass is 15.2. The van der Waals surface area contributed by atoms with Gasteiger partial charge in [-0.25, -0.2) is 0 Å². The van der Waals surface area contributed by atoms with Crippen LogP contribution in [-0.4, -0.2) is 26.1 Å². The Morgan fingerprint density at radius 2 is 1.60 bits per heavy atom. The molecule has 0 atom stereocenters. The Balaban J connectivity index is 1.53. The molecule has 1 heterocycles. The van der Waals surface area contributed by atoms with Crippen LogP contribution in [0.1, 0.15) is 16.7 Å². The van der Waals surface area contributed by atoms with Gasteiger partial charge in [-0.1, -0.05) is 54.1 Å². The lowest BCUT2D eigenvalue weighted by Gasteiger charge is -2.19. The SMILES string of the molecule is CN=C(NCc1cccc(C)c1)NCc1cccc(N2CC=CC2)c1. The average Bonchev–Trinajstić information content (AvgIpc) is 3.17. The van der Waals surface area contributed by atoms with Crippen LogP contribution in [0, 0.1) is 6.92 Å². The molecule has 130 valence electrons. The van der Waals surface area contributed by atoms with Gasteiger partial charge < -0.3 is 15.5 Å². The molecule has 0 saturated carbocycles. The van der Waals surface area contributed by atoms with Gasteiger partial charge >= 0.3 is 0 Å². The van der Waals surface area contributed by atoms with Crippen molar-refractivity contribution in [3.8, 4) is 0 Å². The maximum atomic E-state index is 4.31. The second kappa shape index (κ2) is 8.38. The number of guanidine groups is 1. The summed E-state index contributed by atoms with van der Waals surface area (Å²) in [4.78, 5) is 6.67. The molecule has 25 heavy (non-hydrogen) atoms. The van der Waals surface area contributed by atoms with Gasteiger partial charge in [-0.05, 0) is 30.2 Å². The predicted octanol–water partition coefficient (Wildman–Crippen LogP) is 3.24. The Kier molecular flexibility index (Phi) is 5.73. The van der Waals surface area contributed by atoms with Gasteiger partial charge in [0.05, 0.1) is 0 Å². The number of nitrogens with zero attached hydrogens (tertiary/aromatic N) is 2. The molecule has 0 fully saturated rings. The van der Waals surface area contributed by atoms with E-state index >= 15 is 0 Å². The second-order valence-electron chi connectivity index (χ2n) is 6.31. The fraction of sp³-hybridized carbons (Fsp3) is 0.286. The van der Waals surface area contributed by atoms with E-state index < -0.39 is 0 Å². The maximum absolute atomic E-state index is 4.31. The number of hydrogen-bond acceptors (Lipinski definition) is 2. The highest BCUT2D eigenvalue weighted by Crippen LogP contribution is 2.18. The first kappa shape index (κ1) is 17.1. The van der Waals surface area contributed by atoms with E-state index in [0.717, 1.165) is 32.1 Å². The third-order valence-electron chi connectivity index (χ3n) is 4.32. The highest BCUT2D eigenvalue weighted by molar-refractivity contribution is 5.79. The minimum atomic E-state index is 0.753. The van der Waals surface area contributed by atoms with Crippen LogP contribution < -0.4 is 15.5 Å². The van der Waals surface area contributed by atoms with Crippen LogP contribution in [0.3, 0.4) is 0 Å². The molecular weight excluding hydrogens is 308 g/mol. The van der Waals surface area contributed by atoms with Gasteiger partial charge in [0.2, 0.25) is 0 Å². The number of rotatable bonds is 5. The van der Waals surface area contributed by atoms with Crippen LogP contribution in [0.5, 0.6) is 0 Å². The molecule has 0 aliphatic carbocycles. The highest BCUT2D eigenvalue weighted by Gasteiger charge is 2.08. The van der Waals surface area contributed by atoms with Crippen molar-refractivity contribution in [3.63, 3.8) is 0 Å². The standard InChI is InChI=1S/C21H26N4/c1-17-7-5-8-18(13-17)15-23-21(22-2)24-16-19-9-6-10-20(14-19)25-11-3-4-12-25/h3-10,13-14H,11-12,15-16H2,1-2H3,(H2,22,23,24). The van der Waals surface area contributed by atoms with Gasteiger partial charge in [-0.2, -0.15) is 0 Å². The molecule has 4 heteroatoms. The van der Waals surface area contributed by atoms with E-state index in [9.17, 15) is 0 Å². The van der Waals surface area contributed by atoms with Crippen molar-refractivity contribution >= 4 is 11.6 Å². The topological polar surface area (TPSA) is 39.7 Å². The van der Waals surface area contributed by atoms with Gasteiger partial charge in [0.1, 0.15) is 0 Å². The number of hydrogen-bond donors (Lipinski definition) is 2. The van der Waals surface area contributed by atoms with E-state index in [1.165, 1.54) is 22.4 Å². The normalized spacial score (nSPS) is 14.0. The van der Waals surface area contributed by atoms with Crippen LogP contribution in [0.2, 0.25) is 0 Å². The summed E-state index contributed by atoms with van der Waals surface area (Å²) < 4.78 is 0. The third-order valence-corrected chi connectivity index (χ3v) is 4.32. The number of aliphatic imine (C=N–C) groups is 1. The zero-order chi connectivity index (χ0) is 17.5. The van der Waals surface area contributed by atoms with E-state index in [0.29, 0.717) is 0 Å². The number of benzene rings is 2. The molecule has 2 aromatic rings. The summed E-state index contributed by atoms with van der Waals surface area (Å²) in [6, 6.07) is 17.2. The minimum Gasteiger partial charge on any atom is -0.364 e. The Hall–Kier alpha value is -2.75. The molecule has 1 aliphatic heterocycles. The summed E-state index contributed by atoms with van der Waals surface area (Å²) in [5.74, 6) is 0.815. The van der Waals surface area contributed by atoms with Gasteiger partial charge in [0.15, 0.2) is 5.96 Å². The third kappa shape index (κ3) is 4.86. The molecule has 4 nitrogen and oxygen atoms in total.